The average molecular weight is 520 g/mol. The lowest BCUT2D eigenvalue weighted by Gasteiger charge is -2.36. The maximum atomic E-state index is 13.9. The lowest BCUT2D eigenvalue weighted by Crippen LogP contribution is -2.28. The first-order valence-electron chi connectivity index (χ1n) is 12.3. The Bertz CT molecular complexity index is 1520. The normalized spacial score (nSPS) is 15.5. The molecule has 0 fully saturated rings. The molecule has 1 aromatic carbocycles. The summed E-state index contributed by atoms with van der Waals surface area (Å²) in [6, 6.07) is 12.5. The number of amides is 1. The highest BCUT2D eigenvalue weighted by molar-refractivity contribution is 7.16. The van der Waals surface area contributed by atoms with Gasteiger partial charge in [0.2, 0.25) is 0 Å². The summed E-state index contributed by atoms with van der Waals surface area (Å²) in [6.07, 6.45) is 2.19. The molecule has 6 nitrogen and oxygen atoms in total. The summed E-state index contributed by atoms with van der Waals surface area (Å²) >= 11 is 1.43. The Morgan fingerprint density at radius 3 is 2.76 bits per heavy atom. The van der Waals surface area contributed by atoms with Gasteiger partial charge in [0.25, 0.3) is 12.3 Å². The highest BCUT2D eigenvalue weighted by Gasteiger charge is 2.34. The minimum Gasteiger partial charge on any atom is -0.312 e. The molecule has 0 bridgehead atoms. The number of carbonyl (C=O) groups is 1. The molecule has 5 rings (SSSR count). The summed E-state index contributed by atoms with van der Waals surface area (Å²) in [7, 11) is 0. The van der Waals surface area contributed by atoms with Crippen molar-refractivity contribution < 1.29 is 13.6 Å². The number of halogens is 2. The molecular formula is C28H27F2N5OS. The summed E-state index contributed by atoms with van der Waals surface area (Å²) < 4.78 is 28.8. The Balaban J connectivity index is 1.51. The van der Waals surface area contributed by atoms with Crippen LogP contribution in [0.4, 0.5) is 13.8 Å². The highest BCUT2D eigenvalue weighted by atomic mass is 32.1. The molecule has 3 heterocycles. The van der Waals surface area contributed by atoms with E-state index in [-0.39, 0.29) is 22.3 Å². The van der Waals surface area contributed by atoms with E-state index >= 15 is 0 Å². The minimum atomic E-state index is -2.81. The maximum absolute atomic E-state index is 13.9. The number of nitrogens with one attached hydrogen (secondary N) is 1. The molecule has 37 heavy (non-hydrogen) atoms. The average Bonchev–Trinajstić information content (AvgIpc) is 3.48. The van der Waals surface area contributed by atoms with E-state index in [1.54, 1.807) is 24.3 Å². The molecule has 190 valence electrons. The Morgan fingerprint density at radius 1 is 1.32 bits per heavy atom. The van der Waals surface area contributed by atoms with Gasteiger partial charge in [0.1, 0.15) is 22.3 Å². The molecule has 3 aromatic heterocycles. The summed E-state index contributed by atoms with van der Waals surface area (Å²) in [5, 5.41) is 17.3. The third-order valence-electron chi connectivity index (χ3n) is 7.66. The number of anilines is 1. The van der Waals surface area contributed by atoms with Crippen molar-refractivity contribution in [3.8, 4) is 17.3 Å². The summed E-state index contributed by atoms with van der Waals surface area (Å²) in [4.78, 5) is 19.0. The highest BCUT2D eigenvalue weighted by Crippen LogP contribution is 2.45. The predicted octanol–water partition coefficient (Wildman–Crippen LogP) is 7.06. The van der Waals surface area contributed by atoms with Crippen molar-refractivity contribution in [2.75, 3.05) is 5.32 Å². The summed E-state index contributed by atoms with van der Waals surface area (Å²) in [6.45, 7) is 6.75. The van der Waals surface area contributed by atoms with E-state index in [1.807, 2.05) is 6.07 Å². The monoisotopic (exact) mass is 519 g/mol. The van der Waals surface area contributed by atoms with Crippen molar-refractivity contribution >= 4 is 27.9 Å². The number of hydrogen-bond acceptors (Lipinski definition) is 5. The molecule has 1 unspecified atom stereocenters. The molecule has 0 saturated heterocycles. The number of rotatable bonds is 6. The number of fused-ring (bicyclic) bond motifs is 2. The molecular weight excluding hydrogens is 492 g/mol. The van der Waals surface area contributed by atoms with Crippen molar-refractivity contribution in [1.29, 1.82) is 5.26 Å². The van der Waals surface area contributed by atoms with Crippen molar-refractivity contribution in [2.24, 2.45) is 11.3 Å². The van der Waals surface area contributed by atoms with Crippen LogP contribution in [-0.4, -0.2) is 20.5 Å². The van der Waals surface area contributed by atoms with Crippen LogP contribution in [-0.2, 0) is 12.8 Å². The van der Waals surface area contributed by atoms with E-state index in [9.17, 15) is 18.8 Å². The van der Waals surface area contributed by atoms with Gasteiger partial charge in [0.15, 0.2) is 5.65 Å². The first-order chi connectivity index (χ1) is 17.7. The largest absolute Gasteiger partial charge is 0.312 e. The van der Waals surface area contributed by atoms with Crippen LogP contribution in [0.2, 0.25) is 0 Å². The van der Waals surface area contributed by atoms with Crippen molar-refractivity contribution in [3.63, 3.8) is 0 Å². The maximum Gasteiger partial charge on any atom is 0.280 e. The van der Waals surface area contributed by atoms with E-state index in [0.29, 0.717) is 27.7 Å². The van der Waals surface area contributed by atoms with Crippen LogP contribution in [0.1, 0.15) is 72.1 Å². The zero-order valence-electron chi connectivity index (χ0n) is 20.9. The van der Waals surface area contributed by atoms with Gasteiger partial charge in [0, 0.05) is 10.4 Å². The smallest absolute Gasteiger partial charge is 0.280 e. The van der Waals surface area contributed by atoms with Gasteiger partial charge < -0.3 is 5.32 Å². The van der Waals surface area contributed by atoms with Gasteiger partial charge in [-0.15, -0.1) is 11.3 Å². The van der Waals surface area contributed by atoms with Crippen molar-refractivity contribution in [1.82, 2.24) is 14.6 Å². The number of thiophene rings is 1. The molecule has 1 aliphatic rings. The molecule has 0 saturated carbocycles. The number of benzene rings is 1. The predicted molar refractivity (Wildman–Crippen MR) is 140 cm³/mol. The first kappa shape index (κ1) is 25.0. The molecule has 1 N–H and O–H groups in total. The number of nitriles is 1. The zero-order chi connectivity index (χ0) is 26.3. The third kappa shape index (κ3) is 4.51. The molecule has 4 aromatic rings. The van der Waals surface area contributed by atoms with Gasteiger partial charge >= 0.3 is 0 Å². The van der Waals surface area contributed by atoms with E-state index in [0.717, 1.165) is 40.6 Å². The fourth-order valence-electron chi connectivity index (χ4n) is 4.98. The second-order valence-electron chi connectivity index (χ2n) is 10.1. The minimum absolute atomic E-state index is 0.0405. The van der Waals surface area contributed by atoms with Crippen LogP contribution in [0.5, 0.6) is 0 Å². The van der Waals surface area contributed by atoms with E-state index in [2.05, 4.69) is 42.2 Å². The first-order valence-corrected chi connectivity index (χ1v) is 13.1. The summed E-state index contributed by atoms with van der Waals surface area (Å²) in [5.74, 6) is -0.0276. The lowest BCUT2D eigenvalue weighted by atomic mass is 9.69. The molecule has 0 aliphatic heterocycles. The molecule has 0 spiro atoms. The van der Waals surface area contributed by atoms with Gasteiger partial charge in [-0.05, 0) is 42.2 Å². The van der Waals surface area contributed by atoms with Crippen LogP contribution in [0.15, 0.2) is 42.6 Å². The fourth-order valence-corrected chi connectivity index (χ4v) is 6.25. The summed E-state index contributed by atoms with van der Waals surface area (Å²) in [5.41, 5.74) is 2.43. The van der Waals surface area contributed by atoms with Crippen molar-refractivity contribution in [2.45, 2.75) is 52.9 Å². The number of carbonyl (C=O) groups excluding carboxylic acids is 1. The van der Waals surface area contributed by atoms with Crippen molar-refractivity contribution in [3.05, 3.63) is 69.9 Å². The van der Waals surface area contributed by atoms with E-state index in [1.165, 1.54) is 23.6 Å². The van der Waals surface area contributed by atoms with Gasteiger partial charge in [-0.25, -0.2) is 18.3 Å². The SMILES string of the molecule is CCC(C)(C)C1CCc2c(sc(NC(=O)c3cnn4c(C(F)F)cc(-c5ccccc5)nc34)c2C#N)C1. The van der Waals surface area contributed by atoms with Crippen LogP contribution >= 0.6 is 11.3 Å². The second kappa shape index (κ2) is 9.67. The van der Waals surface area contributed by atoms with Crippen LogP contribution in [0.3, 0.4) is 0 Å². The van der Waals surface area contributed by atoms with Gasteiger partial charge in [-0.3, -0.25) is 4.79 Å². The number of aromatic nitrogens is 3. The zero-order valence-corrected chi connectivity index (χ0v) is 21.7. The Morgan fingerprint density at radius 2 is 2.08 bits per heavy atom. The molecule has 9 heteroatoms. The second-order valence-corrected chi connectivity index (χ2v) is 11.2. The number of nitrogens with zero attached hydrogens (tertiary/aromatic N) is 4. The van der Waals surface area contributed by atoms with Gasteiger partial charge in [-0.1, -0.05) is 57.5 Å². The van der Waals surface area contributed by atoms with Gasteiger partial charge in [0.05, 0.1) is 17.5 Å². The Kier molecular flexibility index (Phi) is 6.54. The molecule has 1 aliphatic carbocycles. The topological polar surface area (TPSA) is 83.1 Å². The standard InChI is InChI=1S/C28H27F2N5OS/c1-4-28(2,3)17-10-11-18-19(14-31)27(37-23(18)12-17)34-26(36)20-15-32-35-22(24(29)30)13-21(33-25(20)35)16-8-6-5-7-9-16/h5-9,13,15,17,24H,4,10-12H2,1-3H3,(H,34,36). The Hall–Kier alpha value is -3.64. The molecule has 0 radical (unpaired) electrons. The third-order valence-corrected chi connectivity index (χ3v) is 8.83. The van der Waals surface area contributed by atoms with Gasteiger partial charge in [-0.2, -0.15) is 10.4 Å². The van der Waals surface area contributed by atoms with E-state index in [4.69, 9.17) is 0 Å². The van der Waals surface area contributed by atoms with Crippen LogP contribution < -0.4 is 5.32 Å². The fraction of sp³-hybridized carbons (Fsp3) is 0.357. The lowest BCUT2D eigenvalue weighted by molar-refractivity contribution is 0.102. The van der Waals surface area contributed by atoms with Crippen LogP contribution in [0.25, 0.3) is 16.9 Å². The molecule has 1 amide bonds. The van der Waals surface area contributed by atoms with Crippen LogP contribution in [0, 0.1) is 22.7 Å². The van der Waals surface area contributed by atoms with E-state index < -0.39 is 12.3 Å². The Labute approximate surface area is 218 Å². The quantitative estimate of drug-likeness (QED) is 0.296. The molecule has 1 atom stereocenters. The number of hydrogen-bond donors (Lipinski definition) is 1. The number of alkyl halides is 2.